The van der Waals surface area contributed by atoms with Crippen molar-refractivity contribution in [2.24, 2.45) is 5.92 Å². The van der Waals surface area contributed by atoms with Crippen molar-refractivity contribution in [3.63, 3.8) is 0 Å². The van der Waals surface area contributed by atoms with Crippen molar-refractivity contribution in [1.29, 1.82) is 0 Å². The van der Waals surface area contributed by atoms with Crippen LogP contribution in [0.2, 0.25) is 0 Å². The minimum absolute atomic E-state index is 0.171. The van der Waals surface area contributed by atoms with E-state index in [9.17, 15) is 13.2 Å². The molecule has 3 heterocycles. The monoisotopic (exact) mass is 373 g/mol. The predicted molar refractivity (Wildman–Crippen MR) is 85.8 cm³/mol. The molecule has 0 aromatic heterocycles. The maximum atomic E-state index is 12.8. The topological polar surface area (TPSA) is 52.2 Å². The molecule has 1 N–H and O–H groups in total. The predicted octanol–water partition coefficient (Wildman–Crippen LogP) is 2.81. The van der Waals surface area contributed by atoms with E-state index >= 15 is 0 Å². The zero-order chi connectivity index (χ0) is 18.2. The normalized spacial score (nSPS) is 33.0. The van der Waals surface area contributed by atoms with Gasteiger partial charge >= 0.3 is 6.36 Å². The Bertz CT molecular complexity index is 609. The third-order valence-corrected chi connectivity index (χ3v) is 5.39. The van der Waals surface area contributed by atoms with E-state index in [1.807, 2.05) is 0 Å². The van der Waals surface area contributed by atoms with Gasteiger partial charge < -0.3 is 24.3 Å². The number of benzene rings is 1. The van der Waals surface area contributed by atoms with Gasteiger partial charge in [0.1, 0.15) is 23.6 Å². The summed E-state index contributed by atoms with van der Waals surface area (Å²) in [5.41, 5.74) is -0.215. The van der Waals surface area contributed by atoms with Crippen LogP contribution in [0.1, 0.15) is 24.5 Å². The van der Waals surface area contributed by atoms with Crippen molar-refractivity contribution in [2.75, 3.05) is 32.9 Å². The largest absolute Gasteiger partial charge is 0.573 e. The third-order valence-electron chi connectivity index (χ3n) is 5.39. The molecule has 0 spiro atoms. The molecule has 0 saturated carbocycles. The van der Waals surface area contributed by atoms with E-state index in [1.165, 1.54) is 12.1 Å². The van der Waals surface area contributed by atoms with Crippen molar-refractivity contribution in [3.8, 4) is 5.75 Å². The first-order valence-corrected chi connectivity index (χ1v) is 8.93. The zero-order valence-corrected chi connectivity index (χ0v) is 14.3. The van der Waals surface area contributed by atoms with E-state index in [1.54, 1.807) is 12.1 Å². The first-order valence-electron chi connectivity index (χ1n) is 8.93. The highest BCUT2D eigenvalue weighted by molar-refractivity contribution is 5.41. The molecule has 4 rings (SSSR count). The molecule has 5 nitrogen and oxygen atoms in total. The van der Waals surface area contributed by atoms with Crippen molar-refractivity contribution >= 4 is 0 Å². The summed E-state index contributed by atoms with van der Waals surface area (Å²) in [6.07, 6.45) is -3.82. The molecule has 3 unspecified atom stereocenters. The number of ether oxygens (including phenoxy) is 4. The average Bonchev–Trinajstić information content (AvgIpc) is 3.39. The fraction of sp³-hybridized carbons (Fsp3) is 0.667. The minimum atomic E-state index is -4.74. The van der Waals surface area contributed by atoms with Crippen molar-refractivity contribution in [3.05, 3.63) is 29.8 Å². The van der Waals surface area contributed by atoms with E-state index < -0.39 is 18.1 Å². The lowest BCUT2D eigenvalue weighted by atomic mass is 9.77. The van der Waals surface area contributed by atoms with Crippen molar-refractivity contribution < 1.29 is 32.1 Å². The second kappa shape index (κ2) is 6.99. The molecule has 8 heteroatoms. The Labute approximate surface area is 149 Å². The van der Waals surface area contributed by atoms with Crippen LogP contribution >= 0.6 is 0 Å². The molecule has 3 saturated heterocycles. The number of epoxide rings is 1. The molecular formula is C18H22F3NO4. The van der Waals surface area contributed by atoms with Crippen LogP contribution in [0.3, 0.4) is 0 Å². The molecule has 1 aromatic rings. The van der Waals surface area contributed by atoms with E-state index in [0.717, 1.165) is 19.4 Å². The van der Waals surface area contributed by atoms with E-state index in [-0.39, 0.29) is 17.8 Å². The summed E-state index contributed by atoms with van der Waals surface area (Å²) < 4.78 is 60.2. The summed E-state index contributed by atoms with van der Waals surface area (Å²) in [7, 11) is 0. The van der Waals surface area contributed by atoms with Gasteiger partial charge in [-0.05, 0) is 24.8 Å². The van der Waals surface area contributed by atoms with Gasteiger partial charge in [-0.1, -0.05) is 18.2 Å². The molecule has 0 bridgehead atoms. The Balaban J connectivity index is 1.64. The smallest absolute Gasteiger partial charge is 0.405 e. The van der Waals surface area contributed by atoms with Crippen LogP contribution in [0.25, 0.3) is 0 Å². The lowest BCUT2D eigenvalue weighted by Crippen LogP contribution is -2.51. The molecule has 3 aliphatic rings. The van der Waals surface area contributed by atoms with E-state index in [4.69, 9.17) is 14.2 Å². The van der Waals surface area contributed by atoms with Crippen LogP contribution in [0.4, 0.5) is 13.2 Å². The van der Waals surface area contributed by atoms with Gasteiger partial charge in [0, 0.05) is 31.9 Å². The Morgan fingerprint density at radius 2 is 1.88 bits per heavy atom. The van der Waals surface area contributed by atoms with Crippen LogP contribution in [-0.2, 0) is 14.2 Å². The number of hydrogen-bond donors (Lipinski definition) is 1. The molecule has 26 heavy (non-hydrogen) atoms. The average molecular weight is 373 g/mol. The highest BCUT2D eigenvalue weighted by atomic mass is 19.4. The summed E-state index contributed by atoms with van der Waals surface area (Å²) >= 11 is 0. The van der Waals surface area contributed by atoms with Gasteiger partial charge in [0.05, 0.1) is 6.61 Å². The summed E-state index contributed by atoms with van der Waals surface area (Å²) in [4.78, 5) is 0. The second-order valence-corrected chi connectivity index (χ2v) is 6.89. The standard InChI is InChI=1S/C18H22F3NO4/c19-18(20,21)25-14-4-2-1-3-13(14)16-17(26-16,12-5-8-23-9-6-12)15-11-22-7-10-24-15/h1-4,12,15-16,22H,5-11H2. The second-order valence-electron chi connectivity index (χ2n) is 6.89. The fourth-order valence-electron chi connectivity index (χ4n) is 4.21. The first-order chi connectivity index (χ1) is 12.5. The number of para-hydroxylation sites is 1. The molecular weight excluding hydrogens is 351 g/mol. The first kappa shape index (κ1) is 18.0. The number of alkyl halides is 3. The quantitative estimate of drug-likeness (QED) is 0.823. The molecule has 144 valence electrons. The number of morpholine rings is 1. The van der Waals surface area contributed by atoms with Gasteiger partial charge in [-0.15, -0.1) is 13.2 Å². The number of hydrogen-bond acceptors (Lipinski definition) is 5. The fourth-order valence-corrected chi connectivity index (χ4v) is 4.21. The van der Waals surface area contributed by atoms with E-state index in [2.05, 4.69) is 10.1 Å². The Hall–Kier alpha value is -1.35. The molecule has 0 amide bonds. The highest BCUT2D eigenvalue weighted by Gasteiger charge is 2.67. The third kappa shape index (κ3) is 3.43. The van der Waals surface area contributed by atoms with Crippen LogP contribution in [0, 0.1) is 5.92 Å². The molecule has 1 aromatic carbocycles. The SMILES string of the molecule is FC(F)(F)Oc1ccccc1C1OC1(C1CCOCC1)C1CNCCO1. The van der Waals surface area contributed by atoms with Gasteiger partial charge in [-0.3, -0.25) is 0 Å². The number of halogens is 3. The van der Waals surface area contributed by atoms with Gasteiger partial charge in [0.15, 0.2) is 0 Å². The summed E-state index contributed by atoms with van der Waals surface area (Å²) in [5, 5.41) is 3.30. The lowest BCUT2D eigenvalue weighted by Gasteiger charge is -2.36. The Morgan fingerprint density at radius 1 is 1.12 bits per heavy atom. The number of nitrogens with one attached hydrogen (secondary N) is 1. The van der Waals surface area contributed by atoms with Gasteiger partial charge in [-0.2, -0.15) is 0 Å². The molecule has 3 aliphatic heterocycles. The Kier molecular flexibility index (Phi) is 4.85. The summed E-state index contributed by atoms with van der Waals surface area (Å²) in [5.74, 6) is -0.0344. The summed E-state index contributed by atoms with van der Waals surface area (Å²) in [6.45, 7) is 3.20. The van der Waals surface area contributed by atoms with Gasteiger partial charge in [0.2, 0.25) is 0 Å². The maximum Gasteiger partial charge on any atom is 0.573 e. The van der Waals surface area contributed by atoms with Crippen LogP contribution < -0.4 is 10.1 Å². The van der Waals surface area contributed by atoms with E-state index in [0.29, 0.717) is 31.9 Å². The van der Waals surface area contributed by atoms with Crippen molar-refractivity contribution in [1.82, 2.24) is 5.32 Å². The molecule has 0 aliphatic carbocycles. The number of rotatable bonds is 4. The van der Waals surface area contributed by atoms with Gasteiger partial charge in [0.25, 0.3) is 0 Å². The zero-order valence-electron chi connectivity index (χ0n) is 14.3. The molecule has 3 atom stereocenters. The summed E-state index contributed by atoms with van der Waals surface area (Å²) in [6, 6.07) is 6.21. The van der Waals surface area contributed by atoms with Crippen LogP contribution in [0.5, 0.6) is 5.75 Å². The highest BCUT2D eigenvalue weighted by Crippen LogP contribution is 2.61. The van der Waals surface area contributed by atoms with Crippen molar-refractivity contribution in [2.45, 2.75) is 37.0 Å². The van der Waals surface area contributed by atoms with Crippen LogP contribution in [0.15, 0.2) is 24.3 Å². The lowest BCUT2D eigenvalue weighted by molar-refractivity contribution is -0.275. The van der Waals surface area contributed by atoms with Gasteiger partial charge in [-0.25, -0.2) is 0 Å². The maximum absolute atomic E-state index is 12.8. The minimum Gasteiger partial charge on any atom is -0.405 e. The Morgan fingerprint density at radius 3 is 2.58 bits per heavy atom. The molecule has 0 radical (unpaired) electrons. The van der Waals surface area contributed by atoms with Crippen LogP contribution in [-0.4, -0.2) is 51.0 Å². The molecule has 3 fully saturated rings.